The van der Waals surface area contributed by atoms with Gasteiger partial charge in [0.25, 0.3) is 0 Å². The average molecular weight is 339 g/mol. The Morgan fingerprint density at radius 3 is 2.65 bits per heavy atom. The van der Waals surface area contributed by atoms with Gasteiger partial charge < -0.3 is 0 Å². The minimum atomic E-state index is -0.123. The predicted octanol–water partition coefficient (Wildman–Crippen LogP) is 3.25. The fourth-order valence-corrected chi connectivity index (χ4v) is 5.58. The van der Waals surface area contributed by atoms with E-state index in [0.717, 1.165) is 33.7 Å². The normalized spacial score (nSPS) is 38.9. The first-order chi connectivity index (χ1) is 9.69. The third-order valence-corrected chi connectivity index (χ3v) is 6.41. The Hall–Kier alpha value is -0.450. The molecule has 0 aliphatic heterocycles. The van der Waals surface area contributed by atoms with E-state index in [9.17, 15) is 4.39 Å². The SMILES string of the molecule is NNC(Cc1cc(Br)ccc1F)C1C2C3CCC(C3)C21. The largest absolute Gasteiger partial charge is 0.271 e. The third kappa shape index (κ3) is 1.96. The summed E-state index contributed by atoms with van der Waals surface area (Å²) in [5.74, 6) is 9.92. The molecule has 3 aliphatic rings. The van der Waals surface area contributed by atoms with Crippen LogP contribution >= 0.6 is 15.9 Å². The van der Waals surface area contributed by atoms with E-state index in [1.54, 1.807) is 6.07 Å². The van der Waals surface area contributed by atoms with Gasteiger partial charge in [0.1, 0.15) is 5.82 Å². The maximum absolute atomic E-state index is 13.9. The molecule has 4 heteroatoms. The number of hydrogen-bond donors (Lipinski definition) is 2. The van der Waals surface area contributed by atoms with Crippen molar-refractivity contribution in [2.75, 3.05) is 0 Å². The van der Waals surface area contributed by atoms with Crippen molar-refractivity contribution in [1.82, 2.24) is 5.43 Å². The molecule has 0 aromatic heterocycles. The summed E-state index contributed by atoms with van der Waals surface area (Å²) in [6.45, 7) is 0. The molecular formula is C16H20BrFN2. The topological polar surface area (TPSA) is 38.0 Å². The number of nitrogens with one attached hydrogen (secondary N) is 1. The molecule has 1 aromatic rings. The van der Waals surface area contributed by atoms with Crippen LogP contribution in [-0.2, 0) is 6.42 Å². The lowest BCUT2D eigenvalue weighted by atomic mass is 9.93. The van der Waals surface area contributed by atoms with E-state index in [4.69, 9.17) is 5.84 Å². The van der Waals surface area contributed by atoms with Gasteiger partial charge in [-0.25, -0.2) is 4.39 Å². The summed E-state index contributed by atoms with van der Waals surface area (Å²) >= 11 is 3.42. The third-order valence-electron chi connectivity index (χ3n) is 5.92. The molecule has 5 unspecified atom stereocenters. The van der Waals surface area contributed by atoms with Gasteiger partial charge >= 0.3 is 0 Å². The molecule has 5 atom stereocenters. The lowest BCUT2D eigenvalue weighted by Gasteiger charge is -2.20. The van der Waals surface area contributed by atoms with Crippen molar-refractivity contribution in [2.45, 2.75) is 31.7 Å². The quantitative estimate of drug-likeness (QED) is 0.653. The zero-order chi connectivity index (χ0) is 13.9. The van der Waals surface area contributed by atoms with E-state index in [1.807, 2.05) is 6.07 Å². The zero-order valence-corrected chi connectivity index (χ0v) is 12.9. The number of rotatable bonds is 4. The van der Waals surface area contributed by atoms with E-state index < -0.39 is 0 Å². The van der Waals surface area contributed by atoms with Crippen LogP contribution in [0.4, 0.5) is 4.39 Å². The van der Waals surface area contributed by atoms with Crippen molar-refractivity contribution >= 4 is 15.9 Å². The summed E-state index contributed by atoms with van der Waals surface area (Å²) in [7, 11) is 0. The van der Waals surface area contributed by atoms with E-state index in [-0.39, 0.29) is 11.9 Å². The molecule has 3 aliphatic carbocycles. The van der Waals surface area contributed by atoms with Gasteiger partial charge in [-0.2, -0.15) is 0 Å². The summed E-state index contributed by atoms with van der Waals surface area (Å²) in [5, 5.41) is 0. The standard InChI is InChI=1S/C16H20BrFN2/c17-11-3-4-12(18)10(6-11)7-13(20-19)16-14-8-1-2-9(5-8)15(14)16/h3-4,6,8-9,13-16,20H,1-2,5,7,19H2. The molecule has 0 spiro atoms. The first kappa shape index (κ1) is 13.2. The summed E-state index contributed by atoms with van der Waals surface area (Å²) in [5.41, 5.74) is 3.74. The highest BCUT2D eigenvalue weighted by molar-refractivity contribution is 9.10. The van der Waals surface area contributed by atoms with Crippen LogP contribution in [0.1, 0.15) is 24.8 Å². The number of benzene rings is 1. The molecule has 108 valence electrons. The first-order valence-corrected chi connectivity index (χ1v) is 8.38. The molecular weight excluding hydrogens is 319 g/mol. The summed E-state index contributed by atoms with van der Waals surface area (Å²) in [6.07, 6.45) is 4.95. The fraction of sp³-hybridized carbons (Fsp3) is 0.625. The fourth-order valence-electron chi connectivity index (χ4n) is 5.17. The van der Waals surface area contributed by atoms with E-state index >= 15 is 0 Å². The molecule has 20 heavy (non-hydrogen) atoms. The van der Waals surface area contributed by atoms with Gasteiger partial charge in [-0.05, 0) is 79.0 Å². The molecule has 1 aromatic carbocycles. The van der Waals surface area contributed by atoms with Crippen LogP contribution in [-0.4, -0.2) is 6.04 Å². The number of hydrazine groups is 1. The molecule has 0 radical (unpaired) electrons. The molecule has 3 N–H and O–H groups in total. The Balaban J connectivity index is 1.51. The second-order valence-electron chi connectivity index (χ2n) is 6.78. The second kappa shape index (κ2) is 4.79. The molecule has 2 bridgehead atoms. The monoisotopic (exact) mass is 338 g/mol. The molecule has 0 amide bonds. The molecule has 0 heterocycles. The summed E-state index contributed by atoms with van der Waals surface area (Å²) in [4.78, 5) is 0. The zero-order valence-electron chi connectivity index (χ0n) is 11.4. The van der Waals surface area contributed by atoms with E-state index in [1.165, 1.54) is 25.3 Å². The molecule has 3 fully saturated rings. The Morgan fingerprint density at radius 2 is 2.00 bits per heavy atom. The van der Waals surface area contributed by atoms with Gasteiger partial charge in [-0.1, -0.05) is 15.9 Å². The van der Waals surface area contributed by atoms with E-state index in [0.29, 0.717) is 12.3 Å². The Morgan fingerprint density at radius 1 is 1.30 bits per heavy atom. The molecule has 3 saturated carbocycles. The van der Waals surface area contributed by atoms with Crippen LogP contribution in [0.3, 0.4) is 0 Å². The second-order valence-corrected chi connectivity index (χ2v) is 7.69. The summed E-state index contributed by atoms with van der Waals surface area (Å²) in [6, 6.07) is 5.38. The lowest BCUT2D eigenvalue weighted by molar-refractivity contribution is 0.362. The Bertz CT molecular complexity index is 519. The van der Waals surface area contributed by atoms with Crippen LogP contribution < -0.4 is 11.3 Å². The number of halogens is 2. The predicted molar refractivity (Wildman–Crippen MR) is 80.2 cm³/mol. The average Bonchev–Trinajstić information content (AvgIpc) is 2.87. The first-order valence-electron chi connectivity index (χ1n) is 7.59. The van der Waals surface area contributed by atoms with Crippen molar-refractivity contribution in [3.05, 3.63) is 34.1 Å². The highest BCUT2D eigenvalue weighted by atomic mass is 79.9. The highest BCUT2D eigenvalue weighted by Crippen LogP contribution is 2.70. The lowest BCUT2D eigenvalue weighted by Crippen LogP contribution is -2.40. The van der Waals surface area contributed by atoms with Crippen molar-refractivity contribution in [3.63, 3.8) is 0 Å². The van der Waals surface area contributed by atoms with Gasteiger partial charge in [0.05, 0.1) is 0 Å². The van der Waals surface area contributed by atoms with Gasteiger partial charge in [0.15, 0.2) is 0 Å². The van der Waals surface area contributed by atoms with Crippen LogP contribution in [0.5, 0.6) is 0 Å². The van der Waals surface area contributed by atoms with Crippen molar-refractivity contribution in [1.29, 1.82) is 0 Å². The molecule has 2 nitrogen and oxygen atoms in total. The smallest absolute Gasteiger partial charge is 0.126 e. The van der Waals surface area contributed by atoms with Crippen LogP contribution in [0, 0.1) is 35.4 Å². The van der Waals surface area contributed by atoms with Gasteiger partial charge in [0, 0.05) is 10.5 Å². The van der Waals surface area contributed by atoms with Crippen molar-refractivity contribution in [3.8, 4) is 0 Å². The number of nitrogens with two attached hydrogens (primary N) is 1. The maximum atomic E-state index is 13.9. The Kier molecular flexibility index (Phi) is 3.17. The minimum absolute atomic E-state index is 0.123. The summed E-state index contributed by atoms with van der Waals surface area (Å²) < 4.78 is 14.8. The van der Waals surface area contributed by atoms with Crippen molar-refractivity contribution in [2.24, 2.45) is 35.4 Å². The number of fused-ring (bicyclic) bond motifs is 5. The maximum Gasteiger partial charge on any atom is 0.126 e. The highest BCUT2D eigenvalue weighted by Gasteiger charge is 2.66. The van der Waals surface area contributed by atoms with Crippen LogP contribution in [0.2, 0.25) is 0 Å². The van der Waals surface area contributed by atoms with Crippen LogP contribution in [0.25, 0.3) is 0 Å². The van der Waals surface area contributed by atoms with Crippen molar-refractivity contribution < 1.29 is 4.39 Å². The van der Waals surface area contributed by atoms with Gasteiger partial charge in [0.2, 0.25) is 0 Å². The Labute approximate surface area is 127 Å². The van der Waals surface area contributed by atoms with E-state index in [2.05, 4.69) is 21.4 Å². The molecule has 4 rings (SSSR count). The molecule has 0 saturated heterocycles. The minimum Gasteiger partial charge on any atom is -0.271 e. The van der Waals surface area contributed by atoms with Gasteiger partial charge in [-0.15, -0.1) is 0 Å². The number of hydrogen-bond acceptors (Lipinski definition) is 2. The van der Waals surface area contributed by atoms with Crippen LogP contribution in [0.15, 0.2) is 22.7 Å². The van der Waals surface area contributed by atoms with Gasteiger partial charge in [-0.3, -0.25) is 11.3 Å².